The molecular weight excluding hydrogens is 365 g/mol. The number of carbonyl (C=O) groups is 3. The van der Waals surface area contributed by atoms with Crippen LogP contribution in [-0.4, -0.2) is 42.6 Å². The van der Waals surface area contributed by atoms with Crippen LogP contribution in [0.4, 0.5) is 8.78 Å². The maximum Gasteiger partial charge on any atom is 0.526 e. The van der Waals surface area contributed by atoms with Crippen LogP contribution in [0.25, 0.3) is 0 Å². The van der Waals surface area contributed by atoms with Crippen LogP contribution >= 0.6 is 0 Å². The van der Waals surface area contributed by atoms with Crippen molar-refractivity contribution in [2.45, 2.75) is 44.8 Å². The second-order valence-corrected chi connectivity index (χ2v) is 6.14. The molecule has 10 heteroatoms. The number of halogens is 2. The van der Waals surface area contributed by atoms with E-state index >= 15 is 0 Å². The van der Waals surface area contributed by atoms with Crippen LogP contribution in [0.15, 0.2) is 18.2 Å². The number of alkyl halides is 2. The lowest BCUT2D eigenvalue weighted by Gasteiger charge is -2.29. The van der Waals surface area contributed by atoms with Crippen molar-refractivity contribution in [2.75, 3.05) is 6.79 Å². The molecule has 1 aromatic rings. The Labute approximate surface area is 154 Å². The van der Waals surface area contributed by atoms with Crippen molar-refractivity contribution in [1.82, 2.24) is 0 Å². The molecule has 0 saturated carbocycles. The summed E-state index contributed by atoms with van der Waals surface area (Å²) in [7, 11) is -1.53. The van der Waals surface area contributed by atoms with Crippen molar-refractivity contribution in [3.63, 3.8) is 0 Å². The van der Waals surface area contributed by atoms with E-state index < -0.39 is 56.2 Å². The number of rotatable bonds is 7. The predicted octanol–water partition coefficient (Wildman–Crippen LogP) is 2.15. The Morgan fingerprint density at radius 1 is 1.33 bits per heavy atom. The van der Waals surface area contributed by atoms with Gasteiger partial charge in [-0.15, -0.1) is 0 Å². The minimum atomic E-state index is -3.46. The van der Waals surface area contributed by atoms with Gasteiger partial charge in [-0.25, -0.2) is 4.79 Å². The van der Waals surface area contributed by atoms with Gasteiger partial charge >= 0.3 is 25.0 Å². The molecule has 1 aliphatic rings. The van der Waals surface area contributed by atoms with Gasteiger partial charge in [-0.2, -0.15) is 8.78 Å². The number of benzene rings is 1. The van der Waals surface area contributed by atoms with E-state index in [0.717, 1.165) is 6.92 Å². The van der Waals surface area contributed by atoms with Gasteiger partial charge < -0.3 is 19.2 Å². The summed E-state index contributed by atoms with van der Waals surface area (Å²) in [6, 6.07) is 4.51. The molecule has 146 valence electrons. The Balaban J connectivity index is 2.13. The molecule has 0 bridgehead atoms. The van der Waals surface area contributed by atoms with Gasteiger partial charge in [0, 0.05) is 25.6 Å². The fraction of sp³-hybridized carbons (Fsp3) is 0.471. The van der Waals surface area contributed by atoms with E-state index in [1.165, 1.54) is 19.1 Å². The van der Waals surface area contributed by atoms with Gasteiger partial charge in [0.25, 0.3) is 0 Å². The maximum absolute atomic E-state index is 13.5. The summed E-state index contributed by atoms with van der Waals surface area (Å²) < 4.78 is 41.6. The van der Waals surface area contributed by atoms with Crippen LogP contribution in [0.1, 0.15) is 42.6 Å². The fourth-order valence-corrected chi connectivity index (χ4v) is 2.65. The number of carbonyl (C=O) groups excluding carboxylic acids is 3. The summed E-state index contributed by atoms with van der Waals surface area (Å²) in [5.74, 6) is -7.01. The molecule has 0 amide bonds. The van der Waals surface area contributed by atoms with E-state index in [9.17, 15) is 28.2 Å². The molecular formula is C17H19BF2O7. The number of hydrogen-bond donors (Lipinski definition) is 1. The third-order valence-corrected chi connectivity index (χ3v) is 4.19. The second kappa shape index (κ2) is 8.47. The Morgan fingerprint density at radius 2 is 2.04 bits per heavy atom. The van der Waals surface area contributed by atoms with E-state index in [-0.39, 0.29) is 17.7 Å². The number of ketones is 1. The summed E-state index contributed by atoms with van der Waals surface area (Å²) in [4.78, 5) is 34.5. The predicted molar refractivity (Wildman–Crippen MR) is 89.4 cm³/mol. The number of hydrogen-bond acceptors (Lipinski definition) is 7. The molecule has 27 heavy (non-hydrogen) atoms. The lowest BCUT2D eigenvalue weighted by atomic mass is 9.64. The molecule has 1 N–H and O–H groups in total. The number of fused-ring (bicyclic) bond motifs is 1. The fourth-order valence-electron chi connectivity index (χ4n) is 2.65. The maximum atomic E-state index is 13.5. The zero-order chi connectivity index (χ0) is 20.2. The quantitative estimate of drug-likeness (QED) is 0.437. The van der Waals surface area contributed by atoms with Gasteiger partial charge in [0.1, 0.15) is 11.3 Å². The molecule has 1 aromatic carbocycles. The van der Waals surface area contributed by atoms with Crippen LogP contribution in [0.2, 0.25) is 5.82 Å². The van der Waals surface area contributed by atoms with E-state index in [2.05, 4.69) is 4.74 Å². The molecule has 0 radical (unpaired) electrons. The molecule has 0 unspecified atom stereocenters. The number of esters is 2. The number of ether oxygens (including phenoxy) is 2. The SMILES string of the molecule is CCC(F)(F)C(=O)C[C@H]1Cc2cccc(C(=O)OCOC(C)=O)c2OB1O. The first-order valence-corrected chi connectivity index (χ1v) is 8.34. The molecule has 1 heterocycles. The highest BCUT2D eigenvalue weighted by Crippen LogP contribution is 2.38. The van der Waals surface area contributed by atoms with Gasteiger partial charge in [-0.3, -0.25) is 9.59 Å². The highest BCUT2D eigenvalue weighted by Gasteiger charge is 2.43. The first kappa shape index (κ1) is 20.8. The van der Waals surface area contributed by atoms with Gasteiger partial charge in [-0.05, 0) is 18.1 Å². The van der Waals surface area contributed by atoms with Gasteiger partial charge in [0.2, 0.25) is 12.6 Å². The molecule has 1 atom stereocenters. The zero-order valence-corrected chi connectivity index (χ0v) is 14.9. The van der Waals surface area contributed by atoms with Gasteiger partial charge in [0.15, 0.2) is 0 Å². The first-order valence-electron chi connectivity index (χ1n) is 8.34. The van der Waals surface area contributed by atoms with Crippen LogP contribution in [0.5, 0.6) is 5.75 Å². The number of para-hydroxylation sites is 1. The van der Waals surface area contributed by atoms with Crippen molar-refractivity contribution < 1.29 is 42.3 Å². The molecule has 2 rings (SSSR count). The van der Waals surface area contributed by atoms with E-state index in [1.54, 1.807) is 6.07 Å². The van der Waals surface area contributed by atoms with Gasteiger partial charge in [0.05, 0.1) is 0 Å². The molecule has 1 aliphatic heterocycles. The minimum Gasteiger partial charge on any atom is -0.535 e. The first-order chi connectivity index (χ1) is 12.7. The summed E-state index contributed by atoms with van der Waals surface area (Å²) in [6.45, 7) is 1.78. The lowest BCUT2D eigenvalue weighted by Crippen LogP contribution is -2.38. The topological polar surface area (TPSA) is 99.1 Å². The molecule has 7 nitrogen and oxygen atoms in total. The summed E-state index contributed by atoms with van der Waals surface area (Å²) in [5.41, 5.74) is 0.460. The van der Waals surface area contributed by atoms with Gasteiger partial charge in [-0.1, -0.05) is 19.1 Å². The molecule has 0 aliphatic carbocycles. The third kappa shape index (κ3) is 5.03. The van der Waals surface area contributed by atoms with E-state index in [0.29, 0.717) is 5.56 Å². The van der Waals surface area contributed by atoms with Crippen LogP contribution in [-0.2, 0) is 25.5 Å². The highest BCUT2D eigenvalue weighted by atomic mass is 19.3. The van der Waals surface area contributed by atoms with Crippen molar-refractivity contribution >= 4 is 24.8 Å². The molecule has 0 fully saturated rings. The van der Waals surface area contributed by atoms with Crippen molar-refractivity contribution in [1.29, 1.82) is 0 Å². The van der Waals surface area contributed by atoms with E-state index in [1.807, 2.05) is 0 Å². The smallest absolute Gasteiger partial charge is 0.526 e. The number of Topliss-reactive ketones (excluding diaryl/α,β-unsaturated/α-hetero) is 1. The van der Waals surface area contributed by atoms with Crippen molar-refractivity contribution in [2.24, 2.45) is 0 Å². The summed E-state index contributed by atoms with van der Waals surface area (Å²) in [5, 5.41) is 10.1. The third-order valence-electron chi connectivity index (χ3n) is 4.19. The average molecular weight is 384 g/mol. The molecule has 0 saturated heterocycles. The largest absolute Gasteiger partial charge is 0.535 e. The minimum absolute atomic E-state index is 0.0117. The average Bonchev–Trinajstić information content (AvgIpc) is 2.61. The second-order valence-electron chi connectivity index (χ2n) is 6.14. The lowest BCUT2D eigenvalue weighted by molar-refractivity contribution is -0.149. The Bertz CT molecular complexity index is 738. The monoisotopic (exact) mass is 384 g/mol. The Morgan fingerprint density at radius 3 is 2.67 bits per heavy atom. The molecule has 0 spiro atoms. The Hall–Kier alpha value is -2.49. The van der Waals surface area contributed by atoms with Crippen LogP contribution in [0, 0.1) is 0 Å². The summed E-state index contributed by atoms with van der Waals surface area (Å²) in [6.07, 6.45) is -1.10. The van der Waals surface area contributed by atoms with Crippen molar-refractivity contribution in [3.05, 3.63) is 29.3 Å². The standard InChI is InChI=1S/C17H19BF2O7/c1-3-17(19,20)14(22)8-12-7-11-5-4-6-13(15(11)27-18(12)24)16(23)26-9-25-10(2)21/h4-6,12,24H,3,7-9H2,1-2H3/t12-/m1/s1. The normalized spacial score (nSPS) is 16.2. The highest BCUT2D eigenvalue weighted by molar-refractivity contribution is 6.47. The zero-order valence-electron chi connectivity index (χ0n) is 14.9. The Kier molecular flexibility index (Phi) is 6.53. The van der Waals surface area contributed by atoms with Crippen LogP contribution in [0.3, 0.4) is 0 Å². The molecule has 0 aromatic heterocycles. The van der Waals surface area contributed by atoms with E-state index in [4.69, 9.17) is 9.39 Å². The summed E-state index contributed by atoms with van der Waals surface area (Å²) >= 11 is 0. The van der Waals surface area contributed by atoms with Crippen LogP contribution < -0.4 is 4.65 Å². The van der Waals surface area contributed by atoms with Crippen molar-refractivity contribution in [3.8, 4) is 5.75 Å².